The van der Waals surface area contributed by atoms with Crippen molar-refractivity contribution >= 4 is 11.9 Å². The molecule has 0 aromatic rings. The van der Waals surface area contributed by atoms with E-state index in [-0.39, 0.29) is 23.7 Å². The lowest BCUT2D eigenvalue weighted by atomic mass is 9.56. The number of carboxylic acids is 1. The van der Waals surface area contributed by atoms with Crippen molar-refractivity contribution in [3.8, 4) is 0 Å². The van der Waals surface area contributed by atoms with Crippen molar-refractivity contribution in [3.05, 3.63) is 0 Å². The Morgan fingerprint density at radius 3 is 2.65 bits per heavy atom. The zero-order valence-electron chi connectivity index (χ0n) is 12.4. The van der Waals surface area contributed by atoms with Gasteiger partial charge in [0.2, 0.25) is 5.91 Å². The summed E-state index contributed by atoms with van der Waals surface area (Å²) in [6.07, 6.45) is 8.23. The second-order valence-electron chi connectivity index (χ2n) is 6.47. The summed E-state index contributed by atoms with van der Waals surface area (Å²) >= 11 is 0. The number of rotatable bonds is 7. The number of carboxylic acid groups (broad SMARTS) is 1. The highest BCUT2D eigenvalue weighted by atomic mass is 16.4. The van der Waals surface area contributed by atoms with Gasteiger partial charge in [0.15, 0.2) is 0 Å². The number of carbonyl (C=O) groups excluding carboxylic acids is 1. The number of nitrogens with one attached hydrogen (secondary N) is 1. The highest BCUT2D eigenvalue weighted by Gasteiger charge is 2.48. The molecular formula is C16H27NO3. The Hall–Kier alpha value is -1.06. The maximum atomic E-state index is 12.1. The van der Waals surface area contributed by atoms with Crippen molar-refractivity contribution in [3.63, 3.8) is 0 Å². The Balaban J connectivity index is 1.70. The van der Waals surface area contributed by atoms with Gasteiger partial charge in [-0.1, -0.05) is 26.2 Å². The van der Waals surface area contributed by atoms with Crippen LogP contribution in [-0.4, -0.2) is 23.5 Å². The number of hydrogen-bond donors (Lipinski definition) is 2. The number of hydrogen-bond acceptors (Lipinski definition) is 2. The van der Waals surface area contributed by atoms with E-state index in [4.69, 9.17) is 5.11 Å². The molecule has 0 saturated heterocycles. The third-order valence-electron chi connectivity index (χ3n) is 5.14. The molecule has 4 heteroatoms. The van der Waals surface area contributed by atoms with Crippen LogP contribution in [0.25, 0.3) is 0 Å². The van der Waals surface area contributed by atoms with E-state index < -0.39 is 5.97 Å². The molecule has 0 heterocycles. The van der Waals surface area contributed by atoms with Crippen molar-refractivity contribution in [2.75, 3.05) is 6.54 Å². The van der Waals surface area contributed by atoms with Crippen LogP contribution >= 0.6 is 0 Å². The van der Waals surface area contributed by atoms with E-state index in [1.54, 1.807) is 0 Å². The summed E-state index contributed by atoms with van der Waals surface area (Å²) in [5.41, 5.74) is 0. The average molecular weight is 281 g/mol. The topological polar surface area (TPSA) is 66.4 Å². The molecule has 2 saturated carbocycles. The molecule has 114 valence electrons. The van der Waals surface area contributed by atoms with Crippen LogP contribution in [0.15, 0.2) is 0 Å². The van der Waals surface area contributed by atoms with Gasteiger partial charge in [-0.15, -0.1) is 0 Å². The van der Waals surface area contributed by atoms with Gasteiger partial charge >= 0.3 is 5.97 Å². The molecule has 2 aliphatic rings. The Morgan fingerprint density at radius 2 is 1.95 bits per heavy atom. The predicted molar refractivity (Wildman–Crippen MR) is 77.2 cm³/mol. The first-order valence-electron chi connectivity index (χ1n) is 8.14. The number of aliphatic carboxylic acids is 1. The maximum absolute atomic E-state index is 12.1. The molecule has 0 radical (unpaired) electrons. The second kappa shape index (κ2) is 7.09. The number of amides is 1. The van der Waals surface area contributed by atoms with Gasteiger partial charge < -0.3 is 10.4 Å². The summed E-state index contributed by atoms with van der Waals surface area (Å²) in [5, 5.41) is 12.1. The minimum atomic E-state index is -0.674. The average Bonchev–Trinajstić information content (AvgIpc) is 2.39. The van der Waals surface area contributed by atoms with E-state index in [1.165, 1.54) is 19.3 Å². The maximum Gasteiger partial charge on any atom is 0.306 e. The molecule has 2 aliphatic carbocycles. The molecule has 0 spiro atoms. The fourth-order valence-electron chi connectivity index (χ4n) is 3.79. The molecule has 0 aromatic carbocycles. The monoisotopic (exact) mass is 281 g/mol. The van der Waals surface area contributed by atoms with Crippen molar-refractivity contribution in [1.29, 1.82) is 0 Å². The molecule has 2 N–H and O–H groups in total. The Kier molecular flexibility index (Phi) is 5.44. The van der Waals surface area contributed by atoms with Crippen molar-refractivity contribution in [2.24, 2.45) is 23.7 Å². The first kappa shape index (κ1) is 15.3. The smallest absolute Gasteiger partial charge is 0.306 e. The number of unbranched alkanes of at least 4 members (excludes halogenated alkanes) is 3. The largest absolute Gasteiger partial charge is 0.481 e. The van der Waals surface area contributed by atoms with Crippen molar-refractivity contribution in [1.82, 2.24) is 5.32 Å². The molecule has 2 rings (SSSR count). The first-order valence-corrected chi connectivity index (χ1v) is 8.14. The molecule has 0 aromatic heterocycles. The van der Waals surface area contributed by atoms with Gasteiger partial charge in [-0.25, -0.2) is 0 Å². The molecule has 4 atom stereocenters. The third-order valence-corrected chi connectivity index (χ3v) is 5.14. The van der Waals surface area contributed by atoms with E-state index in [0.717, 1.165) is 38.6 Å². The van der Waals surface area contributed by atoms with Crippen LogP contribution in [0.5, 0.6) is 0 Å². The summed E-state index contributed by atoms with van der Waals surface area (Å²) in [4.78, 5) is 23.2. The normalized spacial score (nSPS) is 32.0. The van der Waals surface area contributed by atoms with Gasteiger partial charge in [-0.05, 0) is 43.9 Å². The highest BCUT2D eigenvalue weighted by molar-refractivity contribution is 5.79. The lowest BCUT2D eigenvalue weighted by Crippen LogP contribution is -2.47. The fourth-order valence-corrected chi connectivity index (χ4v) is 3.79. The molecule has 20 heavy (non-hydrogen) atoms. The van der Waals surface area contributed by atoms with E-state index in [2.05, 4.69) is 12.2 Å². The highest BCUT2D eigenvalue weighted by Crippen LogP contribution is 2.50. The van der Waals surface area contributed by atoms with Gasteiger partial charge in [0.1, 0.15) is 0 Å². The summed E-state index contributed by atoms with van der Waals surface area (Å²) in [6, 6.07) is 0. The molecule has 4 unspecified atom stereocenters. The standard InChI is InChI=1S/C16H27NO3/c1-2-3-4-5-8-17-15(18)12-7-6-11-9-14(16(19)20)13(11)10-12/h11-14H,2-10H2,1H3,(H,17,18)(H,19,20). The number of fused-ring (bicyclic) bond motifs is 1. The Bertz CT molecular complexity index is 356. The Morgan fingerprint density at radius 1 is 1.15 bits per heavy atom. The summed E-state index contributed by atoms with van der Waals surface area (Å²) in [5.74, 6) is 0.134. The van der Waals surface area contributed by atoms with Gasteiger partial charge in [-0.3, -0.25) is 9.59 Å². The van der Waals surface area contributed by atoms with E-state index in [1.807, 2.05) is 0 Å². The predicted octanol–water partition coefficient (Wildman–Crippen LogP) is 2.82. The van der Waals surface area contributed by atoms with E-state index >= 15 is 0 Å². The quantitative estimate of drug-likeness (QED) is 0.705. The van der Waals surface area contributed by atoms with Crippen molar-refractivity contribution < 1.29 is 14.7 Å². The molecular weight excluding hydrogens is 254 g/mol. The van der Waals surface area contributed by atoms with Crippen LogP contribution in [0, 0.1) is 23.7 Å². The van der Waals surface area contributed by atoms with Gasteiger partial charge in [-0.2, -0.15) is 0 Å². The van der Waals surface area contributed by atoms with E-state index in [9.17, 15) is 9.59 Å². The number of carbonyl (C=O) groups is 2. The molecule has 1 amide bonds. The SMILES string of the molecule is CCCCCCNC(=O)C1CCC2CC(C(=O)O)C2C1. The van der Waals surface area contributed by atoms with Crippen LogP contribution in [0.1, 0.15) is 58.3 Å². The summed E-state index contributed by atoms with van der Waals surface area (Å²) < 4.78 is 0. The second-order valence-corrected chi connectivity index (χ2v) is 6.47. The Labute approximate surface area is 121 Å². The van der Waals surface area contributed by atoms with Crippen molar-refractivity contribution in [2.45, 2.75) is 58.3 Å². The minimum absolute atomic E-state index is 0.0459. The van der Waals surface area contributed by atoms with Crippen LogP contribution in [0.4, 0.5) is 0 Å². The zero-order chi connectivity index (χ0) is 14.5. The van der Waals surface area contributed by atoms with Gasteiger partial charge in [0.25, 0.3) is 0 Å². The fraction of sp³-hybridized carbons (Fsp3) is 0.875. The lowest BCUT2D eigenvalue weighted by molar-refractivity contribution is -0.155. The van der Waals surface area contributed by atoms with Crippen LogP contribution in [0.2, 0.25) is 0 Å². The zero-order valence-corrected chi connectivity index (χ0v) is 12.4. The van der Waals surface area contributed by atoms with Gasteiger partial charge in [0.05, 0.1) is 5.92 Å². The van der Waals surface area contributed by atoms with Gasteiger partial charge in [0, 0.05) is 12.5 Å². The van der Waals surface area contributed by atoms with Crippen LogP contribution < -0.4 is 5.32 Å². The van der Waals surface area contributed by atoms with E-state index in [0.29, 0.717) is 5.92 Å². The molecule has 0 aliphatic heterocycles. The third kappa shape index (κ3) is 3.53. The molecule has 0 bridgehead atoms. The first-order chi connectivity index (χ1) is 9.63. The molecule has 4 nitrogen and oxygen atoms in total. The van der Waals surface area contributed by atoms with Crippen LogP contribution in [-0.2, 0) is 9.59 Å². The lowest BCUT2D eigenvalue weighted by Gasteiger charge is -2.47. The summed E-state index contributed by atoms with van der Waals surface area (Å²) in [7, 11) is 0. The minimum Gasteiger partial charge on any atom is -0.481 e. The molecule has 2 fully saturated rings. The summed E-state index contributed by atoms with van der Waals surface area (Å²) in [6.45, 7) is 2.94. The van der Waals surface area contributed by atoms with Crippen LogP contribution in [0.3, 0.4) is 0 Å².